The minimum atomic E-state index is -0.109. The van der Waals surface area contributed by atoms with Crippen LogP contribution in [0, 0.1) is 0 Å². The first-order valence-electron chi connectivity index (χ1n) is 7.31. The number of aryl methyl sites for hydroxylation is 1. The van der Waals surface area contributed by atoms with Gasteiger partial charge >= 0.3 is 0 Å². The van der Waals surface area contributed by atoms with Crippen molar-refractivity contribution in [3.63, 3.8) is 0 Å². The summed E-state index contributed by atoms with van der Waals surface area (Å²) in [5.74, 6) is 0.112. The average Bonchev–Trinajstić information content (AvgIpc) is 2.44. The van der Waals surface area contributed by atoms with Crippen molar-refractivity contribution < 1.29 is 4.79 Å². The summed E-state index contributed by atoms with van der Waals surface area (Å²) in [7, 11) is 0. The first-order chi connectivity index (χ1) is 9.20. The number of hydrogen-bond donors (Lipinski definition) is 2. The monoisotopic (exact) mass is 260 g/mol. The number of amides is 1. The molecule has 2 atom stereocenters. The zero-order valence-electron chi connectivity index (χ0n) is 11.9. The van der Waals surface area contributed by atoms with Crippen LogP contribution in [0.3, 0.4) is 0 Å². The van der Waals surface area contributed by atoms with Gasteiger partial charge in [-0.15, -0.1) is 0 Å². The van der Waals surface area contributed by atoms with E-state index in [0.717, 1.165) is 32.2 Å². The van der Waals surface area contributed by atoms with Gasteiger partial charge in [0, 0.05) is 12.6 Å². The molecular formula is C16H24N2O. The van der Waals surface area contributed by atoms with Crippen LogP contribution in [-0.4, -0.2) is 24.5 Å². The Hall–Kier alpha value is -1.35. The van der Waals surface area contributed by atoms with Crippen LogP contribution in [0.25, 0.3) is 0 Å². The van der Waals surface area contributed by atoms with Crippen LogP contribution in [0.15, 0.2) is 24.3 Å². The standard InChI is InChI=1S/C16H24N2O/c1-3-10-17-16(19)12(2)18-15-9-8-13-6-4-5-7-14(13)11-15/h4-7,12,15,18H,3,8-11H2,1-2H3,(H,17,19). The van der Waals surface area contributed by atoms with E-state index in [9.17, 15) is 4.79 Å². The van der Waals surface area contributed by atoms with Gasteiger partial charge < -0.3 is 10.6 Å². The maximum atomic E-state index is 11.8. The summed E-state index contributed by atoms with van der Waals surface area (Å²) in [5, 5.41) is 6.40. The lowest BCUT2D eigenvalue weighted by atomic mass is 9.88. The first kappa shape index (κ1) is 14.1. The van der Waals surface area contributed by atoms with E-state index >= 15 is 0 Å². The van der Waals surface area contributed by atoms with Crippen LogP contribution in [0.4, 0.5) is 0 Å². The minimum absolute atomic E-state index is 0.109. The molecule has 2 unspecified atom stereocenters. The second kappa shape index (κ2) is 6.71. The Kier molecular flexibility index (Phi) is 4.97. The van der Waals surface area contributed by atoms with Gasteiger partial charge in [0.15, 0.2) is 0 Å². The Morgan fingerprint density at radius 2 is 2.11 bits per heavy atom. The number of carbonyl (C=O) groups is 1. The third-order valence-electron chi connectivity index (χ3n) is 3.78. The summed E-state index contributed by atoms with van der Waals surface area (Å²) in [5.41, 5.74) is 2.89. The van der Waals surface area contributed by atoms with E-state index < -0.39 is 0 Å². The zero-order valence-corrected chi connectivity index (χ0v) is 11.9. The van der Waals surface area contributed by atoms with E-state index in [-0.39, 0.29) is 11.9 Å². The lowest BCUT2D eigenvalue weighted by molar-refractivity contribution is -0.122. The molecule has 104 valence electrons. The fourth-order valence-corrected chi connectivity index (χ4v) is 2.67. The highest BCUT2D eigenvalue weighted by atomic mass is 16.2. The molecule has 0 saturated heterocycles. The van der Waals surface area contributed by atoms with Gasteiger partial charge in [-0.25, -0.2) is 0 Å². The fourth-order valence-electron chi connectivity index (χ4n) is 2.67. The Morgan fingerprint density at radius 3 is 2.84 bits per heavy atom. The zero-order chi connectivity index (χ0) is 13.7. The summed E-state index contributed by atoms with van der Waals surface area (Å²) in [6.45, 7) is 4.78. The second-order valence-electron chi connectivity index (χ2n) is 5.39. The maximum absolute atomic E-state index is 11.8. The summed E-state index contributed by atoms with van der Waals surface area (Å²) < 4.78 is 0. The molecule has 0 saturated carbocycles. The van der Waals surface area contributed by atoms with E-state index in [4.69, 9.17) is 0 Å². The molecule has 0 bridgehead atoms. The Bertz CT molecular complexity index is 431. The SMILES string of the molecule is CCCNC(=O)C(C)NC1CCc2ccccc2C1. The Labute approximate surface area is 115 Å². The van der Waals surface area contributed by atoms with Crippen molar-refractivity contribution in [2.75, 3.05) is 6.54 Å². The number of rotatable bonds is 5. The van der Waals surface area contributed by atoms with Gasteiger partial charge in [-0.1, -0.05) is 31.2 Å². The third kappa shape index (κ3) is 3.80. The third-order valence-corrected chi connectivity index (χ3v) is 3.78. The predicted octanol–water partition coefficient (Wildman–Crippen LogP) is 2.05. The number of benzene rings is 1. The quantitative estimate of drug-likeness (QED) is 0.850. The predicted molar refractivity (Wildman–Crippen MR) is 78.2 cm³/mol. The highest BCUT2D eigenvalue weighted by Gasteiger charge is 2.21. The minimum Gasteiger partial charge on any atom is -0.355 e. The van der Waals surface area contributed by atoms with Crippen molar-refractivity contribution in [3.05, 3.63) is 35.4 Å². The first-order valence-corrected chi connectivity index (χ1v) is 7.31. The highest BCUT2D eigenvalue weighted by molar-refractivity contribution is 5.81. The van der Waals surface area contributed by atoms with Crippen LogP contribution < -0.4 is 10.6 Å². The van der Waals surface area contributed by atoms with Gasteiger partial charge in [0.05, 0.1) is 6.04 Å². The van der Waals surface area contributed by atoms with Crippen LogP contribution in [-0.2, 0) is 17.6 Å². The van der Waals surface area contributed by atoms with Gasteiger partial charge in [0.25, 0.3) is 0 Å². The Morgan fingerprint density at radius 1 is 1.37 bits per heavy atom. The summed E-state index contributed by atoms with van der Waals surface area (Å²) >= 11 is 0. The van der Waals surface area contributed by atoms with E-state index in [0.29, 0.717) is 6.04 Å². The lowest BCUT2D eigenvalue weighted by Crippen LogP contribution is -2.48. The molecular weight excluding hydrogens is 236 g/mol. The van der Waals surface area contributed by atoms with E-state index in [2.05, 4.69) is 41.8 Å². The molecule has 0 radical (unpaired) electrons. The number of carbonyl (C=O) groups excluding carboxylic acids is 1. The topological polar surface area (TPSA) is 41.1 Å². The van der Waals surface area contributed by atoms with Gasteiger partial charge in [0.1, 0.15) is 0 Å². The molecule has 1 aliphatic carbocycles. The van der Waals surface area contributed by atoms with Gasteiger partial charge in [-0.05, 0) is 43.7 Å². The molecule has 1 aromatic carbocycles. The van der Waals surface area contributed by atoms with Crippen LogP contribution >= 0.6 is 0 Å². The molecule has 2 rings (SSSR count). The van der Waals surface area contributed by atoms with Crippen molar-refractivity contribution in [3.8, 4) is 0 Å². The second-order valence-corrected chi connectivity index (χ2v) is 5.39. The number of hydrogen-bond acceptors (Lipinski definition) is 2. The summed E-state index contributed by atoms with van der Waals surface area (Å²) in [6, 6.07) is 8.92. The van der Waals surface area contributed by atoms with Crippen molar-refractivity contribution in [2.24, 2.45) is 0 Å². The normalized spacial score (nSPS) is 19.6. The molecule has 1 aromatic rings. The molecule has 0 aromatic heterocycles. The van der Waals surface area contributed by atoms with E-state index in [1.807, 2.05) is 6.92 Å². The van der Waals surface area contributed by atoms with Crippen molar-refractivity contribution in [1.82, 2.24) is 10.6 Å². The van der Waals surface area contributed by atoms with E-state index in [1.165, 1.54) is 11.1 Å². The van der Waals surface area contributed by atoms with Gasteiger partial charge in [-0.2, -0.15) is 0 Å². The van der Waals surface area contributed by atoms with Crippen molar-refractivity contribution >= 4 is 5.91 Å². The maximum Gasteiger partial charge on any atom is 0.236 e. The van der Waals surface area contributed by atoms with Crippen LogP contribution in [0.5, 0.6) is 0 Å². The molecule has 0 spiro atoms. The van der Waals surface area contributed by atoms with Crippen LogP contribution in [0.1, 0.15) is 37.8 Å². The summed E-state index contributed by atoms with van der Waals surface area (Å²) in [6.07, 6.45) is 4.23. The Balaban J connectivity index is 1.86. The number of nitrogens with one attached hydrogen (secondary N) is 2. The molecule has 3 nitrogen and oxygen atoms in total. The van der Waals surface area contributed by atoms with Gasteiger partial charge in [-0.3, -0.25) is 4.79 Å². The summed E-state index contributed by atoms with van der Waals surface area (Å²) in [4.78, 5) is 11.8. The molecule has 0 heterocycles. The lowest BCUT2D eigenvalue weighted by Gasteiger charge is -2.28. The number of fused-ring (bicyclic) bond motifs is 1. The molecule has 0 aliphatic heterocycles. The largest absolute Gasteiger partial charge is 0.355 e. The smallest absolute Gasteiger partial charge is 0.236 e. The van der Waals surface area contributed by atoms with Crippen LogP contribution in [0.2, 0.25) is 0 Å². The van der Waals surface area contributed by atoms with Crippen molar-refractivity contribution in [1.29, 1.82) is 0 Å². The molecule has 1 aliphatic rings. The van der Waals surface area contributed by atoms with Crippen molar-refractivity contribution in [2.45, 2.75) is 51.6 Å². The molecule has 1 amide bonds. The highest BCUT2D eigenvalue weighted by Crippen LogP contribution is 2.21. The molecule has 2 N–H and O–H groups in total. The van der Waals surface area contributed by atoms with E-state index in [1.54, 1.807) is 0 Å². The molecule has 0 fully saturated rings. The molecule has 3 heteroatoms. The average molecular weight is 260 g/mol. The fraction of sp³-hybridized carbons (Fsp3) is 0.562. The molecule has 19 heavy (non-hydrogen) atoms. The van der Waals surface area contributed by atoms with Gasteiger partial charge in [0.2, 0.25) is 5.91 Å².